The summed E-state index contributed by atoms with van der Waals surface area (Å²) in [5, 5.41) is 2.93. The van der Waals surface area contributed by atoms with Gasteiger partial charge in [0.05, 0.1) is 11.5 Å². The number of rotatable bonds is 6. The summed E-state index contributed by atoms with van der Waals surface area (Å²) in [4.78, 5) is 0. The molecule has 0 heterocycles. The Morgan fingerprint density at radius 2 is 1.92 bits per heavy atom. The predicted molar refractivity (Wildman–Crippen MR) is 52.0 cm³/mol. The SMILES string of the molecule is CNCCCS(=O)(=O)CC(C)C. The first-order valence-electron chi connectivity index (χ1n) is 4.33. The minimum absolute atomic E-state index is 0.240. The third kappa shape index (κ3) is 6.61. The van der Waals surface area contributed by atoms with Gasteiger partial charge in [0.15, 0.2) is 9.84 Å². The zero-order chi connectivity index (χ0) is 9.61. The van der Waals surface area contributed by atoms with Crippen LogP contribution in [0, 0.1) is 5.92 Å². The fourth-order valence-electron chi connectivity index (χ4n) is 1.06. The van der Waals surface area contributed by atoms with Crippen LogP contribution in [0.25, 0.3) is 0 Å². The molecule has 74 valence electrons. The first-order valence-corrected chi connectivity index (χ1v) is 6.15. The maximum atomic E-state index is 11.3. The molecular formula is C8H19NO2S. The molecule has 0 aromatic heterocycles. The van der Waals surface area contributed by atoms with Gasteiger partial charge in [-0.3, -0.25) is 0 Å². The minimum Gasteiger partial charge on any atom is -0.320 e. The van der Waals surface area contributed by atoms with Gasteiger partial charge in [0.1, 0.15) is 0 Å². The lowest BCUT2D eigenvalue weighted by molar-refractivity contribution is 0.578. The summed E-state index contributed by atoms with van der Waals surface area (Å²) in [5.74, 6) is 0.868. The Morgan fingerprint density at radius 1 is 1.33 bits per heavy atom. The molecule has 0 aromatic rings. The van der Waals surface area contributed by atoms with Crippen LogP contribution in [0.1, 0.15) is 20.3 Å². The van der Waals surface area contributed by atoms with Crippen LogP contribution in [0.15, 0.2) is 0 Å². The molecule has 1 N–H and O–H groups in total. The van der Waals surface area contributed by atoms with Crippen LogP contribution in [0.3, 0.4) is 0 Å². The Bertz CT molecular complexity index is 197. The minimum atomic E-state index is -2.79. The third-order valence-corrected chi connectivity index (χ3v) is 3.55. The summed E-state index contributed by atoms with van der Waals surface area (Å²) in [6, 6.07) is 0. The molecule has 0 aliphatic heterocycles. The molecule has 0 unspecified atom stereocenters. The van der Waals surface area contributed by atoms with Crippen LogP contribution < -0.4 is 5.32 Å². The molecule has 0 aliphatic carbocycles. The lowest BCUT2D eigenvalue weighted by Crippen LogP contribution is -2.19. The van der Waals surface area contributed by atoms with E-state index in [2.05, 4.69) is 5.32 Å². The van der Waals surface area contributed by atoms with Gasteiger partial charge in [-0.25, -0.2) is 8.42 Å². The molecule has 0 aromatic carbocycles. The summed E-state index contributed by atoms with van der Waals surface area (Å²) < 4.78 is 22.6. The fourth-order valence-corrected chi connectivity index (χ4v) is 2.83. The highest BCUT2D eigenvalue weighted by Crippen LogP contribution is 2.01. The highest BCUT2D eigenvalue weighted by molar-refractivity contribution is 7.91. The topological polar surface area (TPSA) is 46.2 Å². The molecule has 12 heavy (non-hydrogen) atoms. The highest BCUT2D eigenvalue weighted by Gasteiger charge is 2.11. The summed E-state index contributed by atoms with van der Waals surface area (Å²) in [6.07, 6.45) is 0.714. The Balaban J connectivity index is 3.73. The Morgan fingerprint density at radius 3 is 2.33 bits per heavy atom. The van der Waals surface area contributed by atoms with Crippen molar-refractivity contribution in [2.24, 2.45) is 5.92 Å². The lowest BCUT2D eigenvalue weighted by atomic mass is 10.3. The van der Waals surface area contributed by atoms with Crippen LogP contribution >= 0.6 is 0 Å². The van der Waals surface area contributed by atoms with E-state index in [0.29, 0.717) is 17.9 Å². The molecular weight excluding hydrogens is 174 g/mol. The van der Waals surface area contributed by atoms with Crippen molar-refractivity contribution in [3.05, 3.63) is 0 Å². The van der Waals surface area contributed by atoms with Crippen LogP contribution in [0.5, 0.6) is 0 Å². The van der Waals surface area contributed by atoms with Gasteiger partial charge in [-0.2, -0.15) is 0 Å². The molecule has 0 bridgehead atoms. The smallest absolute Gasteiger partial charge is 0.150 e. The molecule has 0 saturated heterocycles. The fraction of sp³-hybridized carbons (Fsp3) is 1.00. The number of hydrogen-bond acceptors (Lipinski definition) is 3. The van der Waals surface area contributed by atoms with Crippen molar-refractivity contribution in [2.45, 2.75) is 20.3 Å². The zero-order valence-corrected chi connectivity index (χ0v) is 8.95. The summed E-state index contributed by atoms with van der Waals surface area (Å²) in [7, 11) is -0.965. The van der Waals surface area contributed by atoms with E-state index in [9.17, 15) is 8.42 Å². The van der Waals surface area contributed by atoms with Crippen molar-refractivity contribution in [1.82, 2.24) is 5.32 Å². The molecule has 4 heteroatoms. The van der Waals surface area contributed by atoms with Crippen LogP contribution in [-0.4, -0.2) is 33.5 Å². The van der Waals surface area contributed by atoms with E-state index in [1.807, 2.05) is 20.9 Å². The van der Waals surface area contributed by atoms with E-state index in [-0.39, 0.29) is 5.92 Å². The lowest BCUT2D eigenvalue weighted by Gasteiger charge is -2.05. The van der Waals surface area contributed by atoms with Gasteiger partial charge in [0.25, 0.3) is 0 Å². The van der Waals surface area contributed by atoms with E-state index < -0.39 is 9.84 Å². The molecule has 0 amide bonds. The van der Waals surface area contributed by atoms with Gasteiger partial charge >= 0.3 is 0 Å². The van der Waals surface area contributed by atoms with E-state index in [1.54, 1.807) is 0 Å². The number of sulfone groups is 1. The third-order valence-electron chi connectivity index (χ3n) is 1.47. The second-order valence-electron chi connectivity index (χ2n) is 3.47. The maximum Gasteiger partial charge on any atom is 0.150 e. The predicted octanol–water partition coefficient (Wildman–Crippen LogP) is 0.667. The molecule has 3 nitrogen and oxygen atoms in total. The summed E-state index contributed by atoms with van der Waals surface area (Å²) in [6.45, 7) is 4.63. The van der Waals surface area contributed by atoms with Crippen molar-refractivity contribution in [3.8, 4) is 0 Å². The quantitative estimate of drug-likeness (QED) is 0.631. The van der Waals surface area contributed by atoms with E-state index in [0.717, 1.165) is 6.54 Å². The molecule has 0 spiro atoms. The monoisotopic (exact) mass is 193 g/mol. The zero-order valence-electron chi connectivity index (χ0n) is 8.13. The van der Waals surface area contributed by atoms with Crippen molar-refractivity contribution in [1.29, 1.82) is 0 Å². The second-order valence-corrected chi connectivity index (χ2v) is 5.69. The highest BCUT2D eigenvalue weighted by atomic mass is 32.2. The van der Waals surface area contributed by atoms with Crippen LogP contribution in [-0.2, 0) is 9.84 Å². The Labute approximate surface area is 75.5 Å². The molecule has 0 aliphatic rings. The summed E-state index contributed by atoms with van der Waals surface area (Å²) in [5.41, 5.74) is 0. The number of hydrogen-bond donors (Lipinski definition) is 1. The van der Waals surface area contributed by atoms with Gasteiger partial charge in [-0.05, 0) is 25.9 Å². The molecule has 0 fully saturated rings. The standard InChI is InChI=1S/C8H19NO2S/c1-8(2)7-12(10,11)6-4-5-9-3/h8-9H,4-7H2,1-3H3. The van der Waals surface area contributed by atoms with Gasteiger partial charge in [-0.1, -0.05) is 13.8 Å². The van der Waals surface area contributed by atoms with E-state index >= 15 is 0 Å². The molecule has 0 radical (unpaired) electrons. The largest absolute Gasteiger partial charge is 0.320 e. The van der Waals surface area contributed by atoms with Crippen LogP contribution in [0.2, 0.25) is 0 Å². The van der Waals surface area contributed by atoms with Gasteiger partial charge in [0, 0.05) is 0 Å². The number of nitrogens with one attached hydrogen (secondary N) is 1. The molecule has 0 rings (SSSR count). The molecule has 0 atom stereocenters. The molecule has 0 saturated carbocycles. The maximum absolute atomic E-state index is 11.3. The summed E-state index contributed by atoms with van der Waals surface area (Å²) >= 11 is 0. The van der Waals surface area contributed by atoms with Crippen molar-refractivity contribution in [2.75, 3.05) is 25.1 Å². The Kier molecular flexibility index (Phi) is 5.50. The van der Waals surface area contributed by atoms with Crippen LogP contribution in [0.4, 0.5) is 0 Å². The van der Waals surface area contributed by atoms with Crippen molar-refractivity contribution in [3.63, 3.8) is 0 Å². The van der Waals surface area contributed by atoms with E-state index in [1.165, 1.54) is 0 Å². The average molecular weight is 193 g/mol. The first-order chi connectivity index (χ1) is 5.48. The first kappa shape index (κ1) is 11.9. The van der Waals surface area contributed by atoms with Crippen molar-refractivity contribution >= 4 is 9.84 Å². The van der Waals surface area contributed by atoms with Gasteiger partial charge in [0.2, 0.25) is 0 Å². The Hall–Kier alpha value is -0.0900. The second kappa shape index (κ2) is 5.54. The van der Waals surface area contributed by atoms with Gasteiger partial charge in [-0.15, -0.1) is 0 Å². The van der Waals surface area contributed by atoms with Crippen molar-refractivity contribution < 1.29 is 8.42 Å². The van der Waals surface area contributed by atoms with Gasteiger partial charge < -0.3 is 5.32 Å². The normalized spacial score (nSPS) is 12.3. The van der Waals surface area contributed by atoms with E-state index in [4.69, 9.17) is 0 Å². The average Bonchev–Trinajstić information content (AvgIpc) is 1.84.